The van der Waals surface area contributed by atoms with Crippen molar-refractivity contribution in [2.45, 2.75) is 32.7 Å². The van der Waals surface area contributed by atoms with E-state index in [4.69, 9.17) is 4.74 Å². The molecule has 0 radical (unpaired) electrons. The number of ether oxygens (including phenoxy) is 1. The summed E-state index contributed by atoms with van der Waals surface area (Å²) >= 11 is 0. The molecule has 23 heavy (non-hydrogen) atoms. The molecule has 0 aliphatic carbocycles. The minimum atomic E-state index is 0.0788. The molecule has 0 spiro atoms. The van der Waals surface area contributed by atoms with E-state index in [1.165, 1.54) is 0 Å². The van der Waals surface area contributed by atoms with Crippen molar-refractivity contribution in [3.05, 3.63) is 59.9 Å². The van der Waals surface area contributed by atoms with Gasteiger partial charge in [0.15, 0.2) is 0 Å². The number of carbonyl (C=O) groups is 1. The van der Waals surface area contributed by atoms with Crippen LogP contribution in [0.1, 0.15) is 37.4 Å². The second-order valence-electron chi connectivity index (χ2n) is 5.42. The monoisotopic (exact) mass is 312 g/mol. The molecule has 0 aliphatic rings. The van der Waals surface area contributed by atoms with Crippen molar-refractivity contribution in [1.29, 1.82) is 0 Å². The highest BCUT2D eigenvalue weighted by Gasteiger charge is 2.22. The van der Waals surface area contributed by atoms with Gasteiger partial charge in [-0.15, -0.1) is 0 Å². The van der Waals surface area contributed by atoms with E-state index in [0.29, 0.717) is 13.0 Å². The molecule has 1 unspecified atom stereocenters. The zero-order valence-corrected chi connectivity index (χ0v) is 14.0. The van der Waals surface area contributed by atoms with Crippen LogP contribution in [0.4, 0.5) is 0 Å². The van der Waals surface area contributed by atoms with Gasteiger partial charge in [0.25, 0.3) is 0 Å². The van der Waals surface area contributed by atoms with Gasteiger partial charge in [-0.1, -0.05) is 25.1 Å². The van der Waals surface area contributed by atoms with Crippen LogP contribution in [-0.4, -0.2) is 29.4 Å². The van der Waals surface area contributed by atoms with E-state index in [1.807, 2.05) is 48.2 Å². The number of hydrogen-bond acceptors (Lipinski definition) is 3. The third-order valence-electron chi connectivity index (χ3n) is 4.00. The molecule has 2 aromatic rings. The van der Waals surface area contributed by atoms with Crippen LogP contribution in [0.5, 0.6) is 5.75 Å². The predicted octanol–water partition coefficient (Wildman–Crippen LogP) is 3.63. The average molecular weight is 312 g/mol. The third-order valence-corrected chi connectivity index (χ3v) is 4.00. The van der Waals surface area contributed by atoms with Crippen LogP contribution < -0.4 is 4.74 Å². The lowest BCUT2D eigenvalue weighted by Gasteiger charge is -2.31. The number of aromatic nitrogens is 1. The molecule has 0 saturated heterocycles. The molecule has 0 aliphatic heterocycles. The van der Waals surface area contributed by atoms with Crippen molar-refractivity contribution in [2.24, 2.45) is 0 Å². The topological polar surface area (TPSA) is 42.4 Å². The summed E-state index contributed by atoms with van der Waals surface area (Å²) in [5.74, 6) is 0.955. The first-order valence-electron chi connectivity index (χ1n) is 8.01. The summed E-state index contributed by atoms with van der Waals surface area (Å²) in [6.45, 7) is 4.81. The van der Waals surface area contributed by atoms with Crippen molar-refractivity contribution in [3.63, 3.8) is 0 Å². The maximum atomic E-state index is 12.7. The van der Waals surface area contributed by atoms with Gasteiger partial charge in [0.05, 0.1) is 19.6 Å². The number of benzene rings is 1. The summed E-state index contributed by atoms with van der Waals surface area (Å²) in [5, 5.41) is 0. The normalized spacial score (nSPS) is 11.8. The predicted molar refractivity (Wildman–Crippen MR) is 91.4 cm³/mol. The molecule has 0 fully saturated rings. The van der Waals surface area contributed by atoms with Gasteiger partial charge in [-0.25, -0.2) is 0 Å². The summed E-state index contributed by atoms with van der Waals surface area (Å²) < 4.78 is 5.21. The molecule has 4 nitrogen and oxygen atoms in total. The number of hydrogen-bond donors (Lipinski definition) is 0. The Morgan fingerprint density at radius 1 is 1.22 bits per heavy atom. The minimum Gasteiger partial charge on any atom is -0.497 e. The Labute approximate surface area is 138 Å². The van der Waals surface area contributed by atoms with Crippen molar-refractivity contribution < 1.29 is 9.53 Å². The second-order valence-corrected chi connectivity index (χ2v) is 5.42. The Kier molecular flexibility index (Phi) is 6.15. The Hall–Kier alpha value is -2.36. The molecule has 4 heteroatoms. The lowest BCUT2D eigenvalue weighted by atomic mass is 10.0. The largest absolute Gasteiger partial charge is 0.497 e. The second kappa shape index (κ2) is 8.32. The zero-order chi connectivity index (χ0) is 16.7. The molecule has 2 rings (SSSR count). The summed E-state index contributed by atoms with van der Waals surface area (Å²) in [7, 11) is 1.65. The van der Waals surface area contributed by atoms with Gasteiger partial charge in [0.2, 0.25) is 5.91 Å². The fraction of sp³-hybridized carbons (Fsp3) is 0.368. The van der Waals surface area contributed by atoms with Crippen LogP contribution in [0.2, 0.25) is 0 Å². The fourth-order valence-electron chi connectivity index (χ4n) is 2.81. The third kappa shape index (κ3) is 4.31. The van der Waals surface area contributed by atoms with Crippen molar-refractivity contribution in [2.75, 3.05) is 13.7 Å². The van der Waals surface area contributed by atoms with E-state index in [0.717, 1.165) is 23.3 Å². The van der Waals surface area contributed by atoms with Gasteiger partial charge >= 0.3 is 0 Å². The number of amides is 1. The molecule has 0 bridgehead atoms. The van der Waals surface area contributed by atoms with E-state index in [2.05, 4.69) is 11.9 Å². The summed E-state index contributed by atoms with van der Waals surface area (Å²) in [5.41, 5.74) is 2.08. The minimum absolute atomic E-state index is 0.0788. The molecular formula is C19H24N2O2. The van der Waals surface area contributed by atoms with E-state index in [1.54, 1.807) is 19.5 Å². The molecule has 0 saturated carbocycles. The lowest BCUT2D eigenvalue weighted by Crippen LogP contribution is -2.35. The maximum Gasteiger partial charge on any atom is 0.227 e. The molecule has 0 N–H and O–H groups in total. The molecule has 1 heterocycles. The van der Waals surface area contributed by atoms with Gasteiger partial charge in [0.1, 0.15) is 5.75 Å². The Morgan fingerprint density at radius 2 is 1.96 bits per heavy atom. The Bertz CT molecular complexity index is 611. The van der Waals surface area contributed by atoms with Gasteiger partial charge < -0.3 is 9.64 Å². The van der Waals surface area contributed by atoms with E-state index >= 15 is 0 Å². The highest BCUT2D eigenvalue weighted by atomic mass is 16.5. The highest BCUT2D eigenvalue weighted by Crippen LogP contribution is 2.26. The van der Waals surface area contributed by atoms with Crippen molar-refractivity contribution >= 4 is 5.91 Å². The van der Waals surface area contributed by atoms with Crippen LogP contribution in [0, 0.1) is 0 Å². The number of methoxy groups -OCH3 is 1. The van der Waals surface area contributed by atoms with Gasteiger partial charge in [0, 0.05) is 18.9 Å². The Balaban J connectivity index is 2.16. The van der Waals surface area contributed by atoms with E-state index in [9.17, 15) is 4.79 Å². The smallest absolute Gasteiger partial charge is 0.227 e. The SMILES string of the molecule is CCC(c1ccc(OC)cc1)N(CC)C(=O)Cc1cccnc1. The lowest BCUT2D eigenvalue weighted by molar-refractivity contribution is -0.132. The first kappa shape index (κ1) is 17.0. The number of pyridine rings is 1. The first-order chi connectivity index (χ1) is 11.2. The average Bonchev–Trinajstić information content (AvgIpc) is 2.60. The zero-order valence-electron chi connectivity index (χ0n) is 14.0. The number of likely N-dealkylation sites (N-methyl/N-ethyl adjacent to an activating group) is 1. The maximum absolute atomic E-state index is 12.7. The molecule has 1 aromatic heterocycles. The van der Waals surface area contributed by atoms with Gasteiger partial charge in [-0.3, -0.25) is 9.78 Å². The van der Waals surface area contributed by atoms with Gasteiger partial charge in [-0.05, 0) is 42.7 Å². The quantitative estimate of drug-likeness (QED) is 0.784. The number of nitrogens with zero attached hydrogens (tertiary/aromatic N) is 2. The molecule has 122 valence electrons. The first-order valence-corrected chi connectivity index (χ1v) is 8.01. The van der Waals surface area contributed by atoms with Gasteiger partial charge in [-0.2, -0.15) is 0 Å². The van der Waals surface area contributed by atoms with Crippen LogP contribution in [-0.2, 0) is 11.2 Å². The van der Waals surface area contributed by atoms with Crippen LogP contribution in [0.15, 0.2) is 48.8 Å². The number of carbonyl (C=O) groups excluding carboxylic acids is 1. The summed E-state index contributed by atoms with van der Waals surface area (Å²) in [6, 6.07) is 11.8. The van der Waals surface area contributed by atoms with Crippen molar-refractivity contribution in [3.8, 4) is 5.75 Å². The Morgan fingerprint density at radius 3 is 2.48 bits per heavy atom. The standard InChI is InChI=1S/C19H24N2O2/c1-4-18(16-8-10-17(23-3)11-9-16)21(5-2)19(22)13-15-7-6-12-20-14-15/h6-12,14,18H,4-5,13H2,1-3H3. The fourth-order valence-corrected chi connectivity index (χ4v) is 2.81. The molecule has 1 aromatic carbocycles. The van der Waals surface area contributed by atoms with Crippen LogP contribution in [0.25, 0.3) is 0 Å². The number of rotatable bonds is 7. The highest BCUT2D eigenvalue weighted by molar-refractivity contribution is 5.79. The van der Waals surface area contributed by atoms with Crippen molar-refractivity contribution in [1.82, 2.24) is 9.88 Å². The summed E-state index contributed by atoms with van der Waals surface area (Å²) in [4.78, 5) is 18.7. The van der Waals surface area contributed by atoms with E-state index < -0.39 is 0 Å². The van der Waals surface area contributed by atoms with E-state index in [-0.39, 0.29) is 11.9 Å². The molecule has 1 amide bonds. The van der Waals surface area contributed by atoms with Crippen LogP contribution >= 0.6 is 0 Å². The summed E-state index contributed by atoms with van der Waals surface area (Å²) in [6.07, 6.45) is 4.73. The molecular weight excluding hydrogens is 288 g/mol. The van der Waals surface area contributed by atoms with Crippen LogP contribution in [0.3, 0.4) is 0 Å². The molecule has 1 atom stereocenters.